The first-order chi connectivity index (χ1) is 11.6. The summed E-state index contributed by atoms with van der Waals surface area (Å²) in [5.41, 5.74) is 7.28. The third-order valence-corrected chi connectivity index (χ3v) is 5.05. The minimum Gasteiger partial charge on any atom is -0.366 e. The second kappa shape index (κ2) is 10.6. The number of nitrogens with one attached hydrogen (secondary N) is 2. The van der Waals surface area contributed by atoms with Crippen molar-refractivity contribution in [3.8, 4) is 0 Å². The van der Waals surface area contributed by atoms with E-state index >= 15 is 0 Å². The summed E-state index contributed by atoms with van der Waals surface area (Å²) >= 11 is 0. The van der Waals surface area contributed by atoms with E-state index in [0.717, 1.165) is 24.6 Å². The lowest BCUT2D eigenvalue weighted by Gasteiger charge is -2.28. The van der Waals surface area contributed by atoms with Crippen LogP contribution in [0, 0.1) is 5.41 Å². The maximum absolute atomic E-state index is 11.1. The van der Waals surface area contributed by atoms with Gasteiger partial charge in [0.1, 0.15) is 0 Å². The van der Waals surface area contributed by atoms with Gasteiger partial charge in [-0.25, -0.2) is 4.99 Å². The van der Waals surface area contributed by atoms with Gasteiger partial charge in [-0.1, -0.05) is 31.9 Å². The van der Waals surface area contributed by atoms with Crippen molar-refractivity contribution in [2.75, 3.05) is 13.1 Å². The molecule has 0 bridgehead atoms. The number of carbonyl (C=O) groups is 1. The Labute approximate surface area is 168 Å². The molecule has 140 valence electrons. The van der Waals surface area contributed by atoms with Crippen LogP contribution >= 0.6 is 24.0 Å². The summed E-state index contributed by atoms with van der Waals surface area (Å²) in [5, 5.41) is 6.83. The van der Waals surface area contributed by atoms with Gasteiger partial charge in [-0.15, -0.1) is 24.0 Å². The highest BCUT2D eigenvalue weighted by Gasteiger charge is 2.31. The molecule has 0 aliphatic heterocycles. The van der Waals surface area contributed by atoms with Crippen LogP contribution in [0.4, 0.5) is 0 Å². The van der Waals surface area contributed by atoms with Gasteiger partial charge in [0.25, 0.3) is 0 Å². The average Bonchev–Trinajstić information content (AvgIpc) is 3.07. The minimum absolute atomic E-state index is 0. The number of amides is 1. The van der Waals surface area contributed by atoms with Crippen molar-refractivity contribution in [3.63, 3.8) is 0 Å². The Kier molecular flexibility index (Phi) is 9.24. The number of guanidine groups is 1. The third-order valence-electron chi connectivity index (χ3n) is 5.05. The molecule has 1 aliphatic rings. The van der Waals surface area contributed by atoms with Crippen LogP contribution in [0.1, 0.15) is 61.9 Å². The van der Waals surface area contributed by atoms with E-state index in [1.807, 2.05) is 12.1 Å². The van der Waals surface area contributed by atoms with E-state index in [4.69, 9.17) is 5.73 Å². The summed E-state index contributed by atoms with van der Waals surface area (Å²) in [6.07, 6.45) is 6.52. The molecule has 2 rings (SSSR count). The van der Waals surface area contributed by atoms with Gasteiger partial charge in [0.2, 0.25) is 5.91 Å². The van der Waals surface area contributed by atoms with Crippen molar-refractivity contribution in [3.05, 3.63) is 35.4 Å². The Bertz CT molecular complexity index is 565. The van der Waals surface area contributed by atoms with Gasteiger partial charge in [0.05, 0.1) is 6.54 Å². The molecule has 1 aromatic rings. The number of hydrogen-bond acceptors (Lipinski definition) is 2. The summed E-state index contributed by atoms with van der Waals surface area (Å²) in [4.78, 5) is 15.8. The fraction of sp³-hybridized carbons (Fsp3) is 0.579. The topological polar surface area (TPSA) is 79.5 Å². The van der Waals surface area contributed by atoms with Gasteiger partial charge in [-0.2, -0.15) is 0 Å². The Morgan fingerprint density at radius 2 is 1.80 bits per heavy atom. The number of benzene rings is 1. The quantitative estimate of drug-likeness (QED) is 0.333. The molecule has 1 aliphatic carbocycles. The summed E-state index contributed by atoms with van der Waals surface area (Å²) < 4.78 is 0. The molecule has 5 nitrogen and oxygen atoms in total. The van der Waals surface area contributed by atoms with Crippen LogP contribution in [-0.4, -0.2) is 25.0 Å². The second-order valence-electron chi connectivity index (χ2n) is 6.67. The molecular weight excluding hydrogens is 427 g/mol. The molecule has 1 aromatic carbocycles. The monoisotopic (exact) mass is 458 g/mol. The highest BCUT2D eigenvalue weighted by atomic mass is 127. The molecule has 1 amide bonds. The van der Waals surface area contributed by atoms with Gasteiger partial charge in [-0.05, 0) is 49.3 Å². The third kappa shape index (κ3) is 6.49. The van der Waals surface area contributed by atoms with Gasteiger partial charge >= 0.3 is 0 Å². The highest BCUT2D eigenvalue weighted by molar-refractivity contribution is 14.0. The smallest absolute Gasteiger partial charge is 0.248 e. The first kappa shape index (κ1) is 21.7. The predicted molar refractivity (Wildman–Crippen MR) is 114 cm³/mol. The van der Waals surface area contributed by atoms with E-state index in [-0.39, 0.29) is 24.0 Å². The van der Waals surface area contributed by atoms with Crippen LogP contribution in [0.5, 0.6) is 0 Å². The molecule has 0 radical (unpaired) electrons. The van der Waals surface area contributed by atoms with Gasteiger partial charge in [0.15, 0.2) is 5.96 Å². The summed E-state index contributed by atoms with van der Waals surface area (Å²) in [7, 11) is 0. The van der Waals surface area contributed by atoms with Crippen LogP contribution in [0.25, 0.3) is 0 Å². The fourth-order valence-corrected chi connectivity index (χ4v) is 3.34. The highest BCUT2D eigenvalue weighted by Crippen LogP contribution is 2.40. The number of aliphatic imine (C=N–C) groups is 1. The van der Waals surface area contributed by atoms with E-state index in [1.165, 1.54) is 32.1 Å². The molecular formula is C19H31IN4O. The second-order valence-corrected chi connectivity index (χ2v) is 6.67. The van der Waals surface area contributed by atoms with Crippen LogP contribution in [0.2, 0.25) is 0 Å². The normalized spacial score (nSPS) is 16.2. The van der Waals surface area contributed by atoms with Crippen molar-refractivity contribution < 1.29 is 4.79 Å². The Balaban J connectivity index is 0.00000312. The number of carbonyl (C=O) groups excluding carboxylic acids is 1. The van der Waals surface area contributed by atoms with Crippen LogP contribution in [0.3, 0.4) is 0 Å². The standard InChI is InChI=1S/C19H30N4O.HI/c1-3-19(11-5-6-12-19)14-23-18(21-4-2)22-13-15-7-9-16(10-8-15)17(20)24;/h7-10H,3-6,11-14H2,1-2H3,(H2,20,24)(H2,21,22,23);1H. The number of hydrogen-bond donors (Lipinski definition) is 3. The molecule has 0 heterocycles. The molecule has 0 aromatic heterocycles. The van der Waals surface area contributed by atoms with Gasteiger partial charge in [-0.3, -0.25) is 4.79 Å². The molecule has 1 fully saturated rings. The number of nitrogens with zero attached hydrogens (tertiary/aromatic N) is 1. The van der Waals surface area contributed by atoms with Crippen molar-refractivity contribution in [1.82, 2.24) is 10.6 Å². The Morgan fingerprint density at radius 1 is 1.16 bits per heavy atom. The van der Waals surface area contributed by atoms with E-state index in [1.54, 1.807) is 12.1 Å². The molecule has 0 atom stereocenters. The lowest BCUT2D eigenvalue weighted by atomic mass is 9.83. The number of halogens is 1. The van der Waals surface area contributed by atoms with E-state index in [2.05, 4.69) is 29.5 Å². The van der Waals surface area contributed by atoms with E-state index < -0.39 is 5.91 Å². The summed E-state index contributed by atoms with van der Waals surface area (Å²) in [6.45, 7) is 6.76. The lowest BCUT2D eigenvalue weighted by molar-refractivity contribution is 0.100. The first-order valence-corrected chi connectivity index (χ1v) is 8.99. The molecule has 6 heteroatoms. The predicted octanol–water partition coefficient (Wildman–Crippen LogP) is 3.43. The molecule has 25 heavy (non-hydrogen) atoms. The van der Waals surface area contributed by atoms with Crippen LogP contribution in [0.15, 0.2) is 29.3 Å². The minimum atomic E-state index is -0.401. The maximum atomic E-state index is 11.1. The van der Waals surface area contributed by atoms with Crippen LogP contribution in [-0.2, 0) is 6.54 Å². The zero-order valence-corrected chi connectivity index (χ0v) is 17.6. The first-order valence-electron chi connectivity index (χ1n) is 8.99. The largest absolute Gasteiger partial charge is 0.366 e. The maximum Gasteiger partial charge on any atom is 0.248 e. The van der Waals surface area contributed by atoms with Crippen LogP contribution < -0.4 is 16.4 Å². The van der Waals surface area contributed by atoms with Gasteiger partial charge < -0.3 is 16.4 Å². The van der Waals surface area contributed by atoms with Crippen molar-refractivity contribution in [2.45, 2.75) is 52.5 Å². The van der Waals surface area contributed by atoms with E-state index in [0.29, 0.717) is 17.5 Å². The van der Waals surface area contributed by atoms with Gasteiger partial charge in [0, 0.05) is 18.7 Å². The molecule has 0 saturated heterocycles. The lowest BCUT2D eigenvalue weighted by Crippen LogP contribution is -2.42. The number of primary amides is 1. The number of nitrogens with two attached hydrogens (primary N) is 1. The number of rotatable bonds is 7. The SMILES string of the molecule is CCNC(=NCc1ccc(C(N)=O)cc1)NCC1(CC)CCCC1.I. The van der Waals surface area contributed by atoms with Crippen molar-refractivity contribution >= 4 is 35.8 Å². The Morgan fingerprint density at radius 3 is 2.32 bits per heavy atom. The molecule has 0 spiro atoms. The Hall–Kier alpha value is -1.31. The zero-order chi connectivity index (χ0) is 17.4. The zero-order valence-electron chi connectivity index (χ0n) is 15.3. The summed E-state index contributed by atoms with van der Waals surface area (Å²) in [5.74, 6) is 0.456. The van der Waals surface area contributed by atoms with Crippen molar-refractivity contribution in [2.24, 2.45) is 16.1 Å². The molecule has 4 N–H and O–H groups in total. The van der Waals surface area contributed by atoms with Crippen molar-refractivity contribution in [1.29, 1.82) is 0 Å². The summed E-state index contributed by atoms with van der Waals surface area (Å²) in [6, 6.07) is 7.30. The molecule has 1 saturated carbocycles. The molecule has 0 unspecified atom stereocenters. The fourth-order valence-electron chi connectivity index (χ4n) is 3.34. The average molecular weight is 458 g/mol. The van der Waals surface area contributed by atoms with E-state index in [9.17, 15) is 4.79 Å².